The Kier molecular flexibility index (Phi) is 6.89. The molecule has 2 heterocycles. The maximum absolute atomic E-state index is 13.8. The van der Waals surface area contributed by atoms with E-state index in [9.17, 15) is 18.4 Å². The van der Waals surface area contributed by atoms with Crippen molar-refractivity contribution in [2.75, 3.05) is 0 Å². The topological polar surface area (TPSA) is 38.0 Å². The highest BCUT2D eigenvalue weighted by Crippen LogP contribution is 2.45. The number of aryl methyl sites for hydroxylation is 4. The fraction of sp³-hybridized carbons (Fsp3) is 0.116. The Morgan fingerprint density at radius 3 is 1.38 bits per heavy atom. The first kappa shape index (κ1) is 31.0. The lowest BCUT2D eigenvalue weighted by atomic mass is 9.95. The fourth-order valence-electron chi connectivity index (χ4n) is 7.68. The molecule has 0 bridgehead atoms. The predicted molar refractivity (Wildman–Crippen MR) is 195 cm³/mol. The molecule has 50 heavy (non-hydrogen) atoms. The second-order valence-electron chi connectivity index (χ2n) is 12.9. The molecule has 2 aromatic heterocycles. The summed E-state index contributed by atoms with van der Waals surface area (Å²) >= 11 is 0. The number of nitrogens with zero attached hydrogens (tertiary/aromatic N) is 4. The number of hydrogen-bond acceptors (Lipinski definition) is 1. The minimum atomic E-state index is -4.62. The van der Waals surface area contributed by atoms with Crippen LogP contribution in [0.15, 0.2) is 103 Å². The summed E-state index contributed by atoms with van der Waals surface area (Å²) in [5.74, 6) is 0. The van der Waals surface area contributed by atoms with Crippen LogP contribution in [-0.4, -0.2) is 9.13 Å². The molecule has 0 atom stereocenters. The van der Waals surface area contributed by atoms with Crippen molar-refractivity contribution in [1.29, 1.82) is 5.26 Å². The summed E-state index contributed by atoms with van der Waals surface area (Å²) in [5, 5.41) is 15.0. The molecule has 0 fully saturated rings. The number of rotatable bonds is 3. The first-order valence-electron chi connectivity index (χ1n) is 16.2. The molecule has 0 spiro atoms. The van der Waals surface area contributed by atoms with E-state index in [0.29, 0.717) is 5.56 Å². The van der Waals surface area contributed by atoms with E-state index < -0.39 is 11.7 Å². The van der Waals surface area contributed by atoms with E-state index in [1.54, 1.807) is 0 Å². The Morgan fingerprint density at radius 1 is 0.580 bits per heavy atom. The molecule has 0 unspecified atom stereocenters. The molecule has 0 aliphatic rings. The van der Waals surface area contributed by atoms with Crippen LogP contribution in [0.3, 0.4) is 0 Å². The molecule has 0 N–H and O–H groups in total. The highest BCUT2D eigenvalue weighted by Gasteiger charge is 2.32. The van der Waals surface area contributed by atoms with Crippen LogP contribution >= 0.6 is 0 Å². The van der Waals surface area contributed by atoms with Gasteiger partial charge < -0.3 is 9.13 Å². The first-order chi connectivity index (χ1) is 24.0. The second kappa shape index (κ2) is 11.1. The van der Waals surface area contributed by atoms with Gasteiger partial charge in [-0.2, -0.15) is 18.4 Å². The summed E-state index contributed by atoms with van der Waals surface area (Å²) in [6.45, 7) is 16.2. The maximum Gasteiger partial charge on any atom is 0.415 e. The van der Waals surface area contributed by atoms with Gasteiger partial charge in [0.2, 0.25) is 0 Å². The van der Waals surface area contributed by atoms with Crippen LogP contribution in [0, 0.1) is 45.6 Å². The summed E-state index contributed by atoms with van der Waals surface area (Å²) in [7, 11) is 0. The number of benzene rings is 6. The molecule has 7 heteroatoms. The third-order valence-corrected chi connectivity index (χ3v) is 9.88. The molecule has 0 radical (unpaired) electrons. The van der Waals surface area contributed by atoms with Gasteiger partial charge in [0.1, 0.15) is 0 Å². The number of hydrogen-bond donors (Lipinski definition) is 0. The number of alkyl halides is 3. The van der Waals surface area contributed by atoms with Crippen LogP contribution in [-0.2, 0) is 6.18 Å². The van der Waals surface area contributed by atoms with Crippen LogP contribution < -0.4 is 0 Å². The molecule has 0 amide bonds. The third-order valence-electron chi connectivity index (χ3n) is 9.88. The Bertz CT molecular complexity index is 2700. The lowest BCUT2D eigenvalue weighted by Crippen LogP contribution is -2.07. The number of fused-ring (bicyclic) bond motifs is 6. The van der Waals surface area contributed by atoms with E-state index in [4.69, 9.17) is 6.57 Å². The van der Waals surface area contributed by atoms with Crippen molar-refractivity contribution in [3.63, 3.8) is 0 Å². The van der Waals surface area contributed by atoms with Gasteiger partial charge in [0, 0.05) is 27.1 Å². The van der Waals surface area contributed by atoms with Crippen molar-refractivity contribution < 1.29 is 13.2 Å². The van der Waals surface area contributed by atoms with Crippen molar-refractivity contribution in [1.82, 2.24) is 9.13 Å². The molecule has 4 nitrogen and oxygen atoms in total. The van der Waals surface area contributed by atoms with Crippen LogP contribution in [0.1, 0.15) is 33.4 Å². The minimum Gasteiger partial charge on any atom is -0.307 e. The number of para-hydroxylation sites is 4. The van der Waals surface area contributed by atoms with E-state index in [1.807, 2.05) is 36.4 Å². The zero-order chi connectivity index (χ0) is 35.1. The van der Waals surface area contributed by atoms with Crippen molar-refractivity contribution in [3.05, 3.63) is 148 Å². The second-order valence-corrected chi connectivity index (χ2v) is 12.9. The summed E-state index contributed by atoms with van der Waals surface area (Å²) in [6, 6.07) is 34.1. The average molecular weight is 659 g/mol. The Hall–Kier alpha value is -6.31. The molecule has 0 saturated heterocycles. The SMILES string of the molecule is [C-]#[N+]c1cc(C(F)(F)F)ccc1-c1cc(-n2c3c(C)cccc3c3cccc(C)c32)c(-n2c3c(C)cccc3c3cccc(C)c32)cc1C#N. The first-order valence-corrected chi connectivity index (χ1v) is 16.2. The van der Waals surface area contributed by atoms with Gasteiger partial charge >= 0.3 is 6.18 Å². The summed E-state index contributed by atoms with van der Waals surface area (Å²) < 4.78 is 45.8. The number of aromatic nitrogens is 2. The third kappa shape index (κ3) is 4.44. The van der Waals surface area contributed by atoms with Crippen LogP contribution in [0.5, 0.6) is 0 Å². The highest BCUT2D eigenvalue weighted by atomic mass is 19.4. The quantitative estimate of drug-likeness (QED) is 0.174. The van der Waals surface area contributed by atoms with E-state index in [-0.39, 0.29) is 16.8 Å². The molecule has 0 aliphatic carbocycles. The lowest BCUT2D eigenvalue weighted by Gasteiger charge is -2.21. The molecule has 6 aromatic carbocycles. The maximum atomic E-state index is 13.8. The van der Waals surface area contributed by atoms with Crippen molar-refractivity contribution >= 4 is 49.3 Å². The monoisotopic (exact) mass is 658 g/mol. The molecular formula is C43H29F3N4. The number of halogens is 3. The largest absolute Gasteiger partial charge is 0.415 e. The average Bonchev–Trinajstić information content (AvgIpc) is 3.63. The normalized spacial score (nSPS) is 11.9. The van der Waals surface area contributed by atoms with E-state index in [0.717, 1.165) is 89.4 Å². The van der Waals surface area contributed by atoms with E-state index in [1.165, 1.54) is 6.07 Å². The van der Waals surface area contributed by atoms with E-state index >= 15 is 0 Å². The van der Waals surface area contributed by atoms with Crippen LogP contribution in [0.2, 0.25) is 0 Å². The molecule has 8 aromatic rings. The van der Waals surface area contributed by atoms with Gasteiger partial charge in [-0.05, 0) is 79.3 Å². The Morgan fingerprint density at radius 2 is 1.00 bits per heavy atom. The smallest absolute Gasteiger partial charge is 0.307 e. The van der Waals surface area contributed by atoms with Gasteiger partial charge in [-0.1, -0.05) is 84.9 Å². The fourth-order valence-corrected chi connectivity index (χ4v) is 7.68. The zero-order valence-electron chi connectivity index (χ0n) is 27.7. The molecular weight excluding hydrogens is 629 g/mol. The predicted octanol–water partition coefficient (Wildman–Crippen LogP) is 12.2. The summed E-state index contributed by atoms with van der Waals surface area (Å²) in [5.41, 5.74) is 9.47. The molecule has 0 saturated carbocycles. The molecule has 0 aliphatic heterocycles. The Labute approximate surface area is 286 Å². The minimum absolute atomic E-state index is 0.173. The van der Waals surface area contributed by atoms with Gasteiger partial charge in [0.25, 0.3) is 0 Å². The van der Waals surface area contributed by atoms with Gasteiger partial charge in [-0.3, -0.25) is 0 Å². The van der Waals surface area contributed by atoms with Crippen molar-refractivity contribution in [2.45, 2.75) is 33.9 Å². The van der Waals surface area contributed by atoms with E-state index in [2.05, 4.69) is 96.3 Å². The summed E-state index contributed by atoms with van der Waals surface area (Å²) in [4.78, 5) is 3.52. The van der Waals surface area contributed by atoms with Gasteiger partial charge in [0.05, 0.1) is 51.6 Å². The standard InChI is InChI=1S/C43H29F3N4/c1-24-10-6-14-31-32-15-7-11-25(2)40(32)49(39(24)31)37-20-28(23-47)35(30-19-18-29(43(44,45)46)21-36(30)48-5)22-38(37)50-41-26(3)12-8-16-33(41)34-17-9-13-27(4)42(34)50/h6-22H,1-4H3. The molecule has 8 rings (SSSR count). The van der Waals surface area contributed by atoms with Crippen LogP contribution in [0.4, 0.5) is 18.9 Å². The van der Waals surface area contributed by atoms with Gasteiger partial charge in [-0.25, -0.2) is 4.85 Å². The zero-order valence-corrected chi connectivity index (χ0v) is 27.7. The van der Waals surface area contributed by atoms with Crippen molar-refractivity contribution in [3.8, 4) is 28.6 Å². The molecule has 242 valence electrons. The Balaban J connectivity index is 1.62. The lowest BCUT2D eigenvalue weighted by molar-refractivity contribution is -0.137. The summed E-state index contributed by atoms with van der Waals surface area (Å²) in [6.07, 6.45) is -4.62. The van der Waals surface area contributed by atoms with Crippen molar-refractivity contribution in [2.24, 2.45) is 0 Å². The van der Waals surface area contributed by atoms with Gasteiger partial charge in [0.15, 0.2) is 5.69 Å². The number of nitriles is 1. The van der Waals surface area contributed by atoms with Crippen LogP contribution in [0.25, 0.3) is 71.0 Å². The highest BCUT2D eigenvalue weighted by molar-refractivity contribution is 6.13. The van der Waals surface area contributed by atoms with Gasteiger partial charge in [-0.15, -0.1) is 0 Å².